The molecule has 5 nitrogen and oxygen atoms in total. The highest BCUT2D eigenvalue weighted by Crippen LogP contribution is 2.30. The Morgan fingerprint density at radius 3 is 2.40 bits per heavy atom. The lowest BCUT2D eigenvalue weighted by atomic mass is 10.1. The lowest BCUT2D eigenvalue weighted by molar-refractivity contribution is -0.0500. The summed E-state index contributed by atoms with van der Waals surface area (Å²) in [5.41, 5.74) is -5.56. The van der Waals surface area contributed by atoms with E-state index in [4.69, 9.17) is 0 Å². The largest absolute Gasteiger partial charge is 0.534 e. The fourth-order valence-electron chi connectivity index (χ4n) is 1.24. The van der Waals surface area contributed by atoms with Gasteiger partial charge >= 0.3 is 21.6 Å². The molecule has 0 fully saturated rings. The van der Waals surface area contributed by atoms with Crippen molar-refractivity contribution >= 4 is 16.1 Å². The molecule has 0 bridgehead atoms. The number of hydrogen-bond donors (Lipinski definition) is 0. The summed E-state index contributed by atoms with van der Waals surface area (Å²) in [6.45, 7) is 2.99. The van der Waals surface area contributed by atoms with Crippen LogP contribution in [0, 0.1) is 6.92 Å². The van der Waals surface area contributed by atoms with Crippen molar-refractivity contribution in [1.29, 1.82) is 0 Å². The molecule has 0 amide bonds. The normalized spacial score (nSPS) is 12.1. The monoisotopic (exact) mass is 312 g/mol. The summed E-state index contributed by atoms with van der Waals surface area (Å²) in [6.07, 6.45) is 0. The SMILES string of the molecule is CCOC(=O)c1ccc(C)cc1OS(=O)(=O)C(F)(F)F. The van der Waals surface area contributed by atoms with Crippen LogP contribution in [0.5, 0.6) is 5.75 Å². The topological polar surface area (TPSA) is 69.7 Å². The van der Waals surface area contributed by atoms with E-state index >= 15 is 0 Å². The molecule has 0 aromatic heterocycles. The summed E-state index contributed by atoms with van der Waals surface area (Å²) in [5.74, 6) is -1.69. The number of hydrogen-bond acceptors (Lipinski definition) is 5. The first-order valence-corrected chi connectivity index (χ1v) is 6.78. The molecule has 0 N–H and O–H groups in total. The molecule has 0 heterocycles. The van der Waals surface area contributed by atoms with Crippen molar-refractivity contribution in [1.82, 2.24) is 0 Å². The maximum atomic E-state index is 12.3. The molecule has 0 aliphatic heterocycles. The summed E-state index contributed by atoms with van der Waals surface area (Å²) < 4.78 is 67.4. The third-order valence-electron chi connectivity index (χ3n) is 2.12. The van der Waals surface area contributed by atoms with Gasteiger partial charge in [0.2, 0.25) is 0 Å². The Labute approximate surface area is 113 Å². The molecule has 0 aliphatic rings. The highest BCUT2D eigenvalue weighted by molar-refractivity contribution is 7.88. The van der Waals surface area contributed by atoms with Crippen LogP contribution in [-0.2, 0) is 14.9 Å². The zero-order valence-electron chi connectivity index (χ0n) is 10.5. The average molecular weight is 312 g/mol. The van der Waals surface area contributed by atoms with Gasteiger partial charge in [-0.1, -0.05) is 6.07 Å². The summed E-state index contributed by atoms with van der Waals surface area (Å²) in [4.78, 5) is 11.5. The molecule has 0 atom stereocenters. The molecule has 0 aliphatic carbocycles. The molecule has 0 unspecified atom stereocenters. The Bertz CT molecular complexity index is 607. The summed E-state index contributed by atoms with van der Waals surface area (Å²) >= 11 is 0. The molecule has 0 saturated carbocycles. The minimum absolute atomic E-state index is 0.0157. The predicted molar refractivity (Wildman–Crippen MR) is 62.7 cm³/mol. The van der Waals surface area contributed by atoms with Crippen molar-refractivity contribution in [3.8, 4) is 5.75 Å². The van der Waals surface area contributed by atoms with E-state index in [-0.39, 0.29) is 6.61 Å². The number of carbonyl (C=O) groups excluding carboxylic acids is 1. The number of ether oxygens (including phenoxy) is 1. The second kappa shape index (κ2) is 5.70. The van der Waals surface area contributed by atoms with Crippen LogP contribution in [0.15, 0.2) is 18.2 Å². The van der Waals surface area contributed by atoms with Gasteiger partial charge < -0.3 is 8.92 Å². The zero-order chi connectivity index (χ0) is 15.6. The van der Waals surface area contributed by atoms with Gasteiger partial charge in [-0.3, -0.25) is 0 Å². The maximum absolute atomic E-state index is 12.3. The molecule has 0 saturated heterocycles. The van der Waals surface area contributed by atoms with E-state index in [2.05, 4.69) is 8.92 Å². The molecule has 1 rings (SSSR count). The smallest absolute Gasteiger partial charge is 0.462 e. The van der Waals surface area contributed by atoms with Gasteiger partial charge in [-0.15, -0.1) is 0 Å². The fraction of sp³-hybridized carbons (Fsp3) is 0.364. The highest BCUT2D eigenvalue weighted by Gasteiger charge is 2.49. The quantitative estimate of drug-likeness (QED) is 0.485. The number of alkyl halides is 3. The number of esters is 1. The third-order valence-corrected chi connectivity index (χ3v) is 3.08. The molecule has 0 radical (unpaired) electrons. The molecule has 9 heteroatoms. The maximum Gasteiger partial charge on any atom is 0.534 e. The van der Waals surface area contributed by atoms with Gasteiger partial charge in [0.05, 0.1) is 6.61 Å². The predicted octanol–water partition coefficient (Wildman–Crippen LogP) is 2.40. The van der Waals surface area contributed by atoms with Crippen LogP contribution < -0.4 is 4.18 Å². The van der Waals surface area contributed by atoms with Gasteiger partial charge in [-0.25, -0.2) is 4.79 Å². The van der Waals surface area contributed by atoms with E-state index in [1.54, 1.807) is 0 Å². The van der Waals surface area contributed by atoms with Crippen molar-refractivity contribution in [2.75, 3.05) is 6.61 Å². The summed E-state index contributed by atoms with van der Waals surface area (Å²) in [5, 5.41) is 0. The molecular formula is C11H11F3O5S. The fourth-order valence-corrected chi connectivity index (χ4v) is 1.71. The van der Waals surface area contributed by atoms with Crippen molar-refractivity contribution in [3.63, 3.8) is 0 Å². The third kappa shape index (κ3) is 3.62. The van der Waals surface area contributed by atoms with Crippen LogP contribution in [0.4, 0.5) is 13.2 Å². The van der Waals surface area contributed by atoms with Gasteiger partial charge in [-0.2, -0.15) is 21.6 Å². The first-order valence-electron chi connectivity index (χ1n) is 5.37. The van der Waals surface area contributed by atoms with E-state index in [1.807, 2.05) is 0 Å². The average Bonchev–Trinajstić information content (AvgIpc) is 2.27. The number of carbonyl (C=O) groups is 1. The Hall–Kier alpha value is -1.77. The van der Waals surface area contributed by atoms with Crippen LogP contribution in [0.2, 0.25) is 0 Å². The zero-order valence-corrected chi connectivity index (χ0v) is 11.3. The molecule has 112 valence electrons. The number of rotatable bonds is 4. The summed E-state index contributed by atoms with van der Waals surface area (Å²) in [6, 6.07) is 3.56. The van der Waals surface area contributed by atoms with Crippen molar-refractivity contribution < 1.29 is 35.3 Å². The number of benzene rings is 1. The first kappa shape index (κ1) is 16.3. The van der Waals surface area contributed by atoms with E-state index < -0.39 is 32.9 Å². The Morgan fingerprint density at radius 1 is 1.30 bits per heavy atom. The minimum Gasteiger partial charge on any atom is -0.462 e. The van der Waals surface area contributed by atoms with Crippen molar-refractivity contribution in [2.45, 2.75) is 19.4 Å². The van der Waals surface area contributed by atoms with Crippen LogP contribution in [-0.4, -0.2) is 26.5 Å². The molecular weight excluding hydrogens is 301 g/mol. The van der Waals surface area contributed by atoms with Crippen LogP contribution in [0.1, 0.15) is 22.8 Å². The Morgan fingerprint density at radius 2 is 1.90 bits per heavy atom. The van der Waals surface area contributed by atoms with E-state index in [0.717, 1.165) is 12.1 Å². The van der Waals surface area contributed by atoms with Crippen LogP contribution in [0.3, 0.4) is 0 Å². The Kier molecular flexibility index (Phi) is 4.64. The first-order chi connectivity index (χ1) is 9.08. The van der Waals surface area contributed by atoms with Gasteiger partial charge in [0.25, 0.3) is 0 Å². The Balaban J connectivity index is 3.24. The standard InChI is InChI=1S/C11H11F3O5S/c1-3-18-10(15)8-5-4-7(2)6-9(8)19-20(16,17)11(12,13)14/h4-6H,3H2,1-2H3. The van der Waals surface area contributed by atoms with Gasteiger partial charge in [0.15, 0.2) is 5.75 Å². The minimum atomic E-state index is -5.85. The second-order valence-electron chi connectivity index (χ2n) is 3.70. The van der Waals surface area contributed by atoms with E-state index in [0.29, 0.717) is 5.56 Å². The number of aryl methyl sites for hydroxylation is 1. The molecule has 1 aromatic rings. The molecule has 1 aromatic carbocycles. The lowest BCUT2D eigenvalue weighted by Crippen LogP contribution is -2.28. The summed E-state index contributed by atoms with van der Waals surface area (Å²) in [7, 11) is -5.85. The van der Waals surface area contributed by atoms with E-state index in [9.17, 15) is 26.4 Å². The van der Waals surface area contributed by atoms with Crippen LogP contribution >= 0.6 is 0 Å². The lowest BCUT2D eigenvalue weighted by Gasteiger charge is -2.13. The number of halogens is 3. The van der Waals surface area contributed by atoms with E-state index in [1.165, 1.54) is 19.9 Å². The molecule has 20 heavy (non-hydrogen) atoms. The highest BCUT2D eigenvalue weighted by atomic mass is 32.2. The van der Waals surface area contributed by atoms with Gasteiger partial charge in [0, 0.05) is 0 Å². The second-order valence-corrected chi connectivity index (χ2v) is 5.24. The molecule has 0 spiro atoms. The van der Waals surface area contributed by atoms with Gasteiger partial charge in [0.1, 0.15) is 5.56 Å². The van der Waals surface area contributed by atoms with Crippen LogP contribution in [0.25, 0.3) is 0 Å². The van der Waals surface area contributed by atoms with Crippen molar-refractivity contribution in [3.05, 3.63) is 29.3 Å². The van der Waals surface area contributed by atoms with Crippen molar-refractivity contribution in [2.24, 2.45) is 0 Å². The van der Waals surface area contributed by atoms with Gasteiger partial charge in [-0.05, 0) is 31.5 Å².